The summed E-state index contributed by atoms with van der Waals surface area (Å²) in [7, 11) is 0. The number of aromatic nitrogens is 2. The standard InChI is InChI=1S/C11H18BrN3OS/c1-3-15-11(16)10(12)9(8-14-15)13-6-5-7-17-4-2/h8,13H,3-7H2,1-2H3. The Morgan fingerprint density at radius 1 is 1.53 bits per heavy atom. The summed E-state index contributed by atoms with van der Waals surface area (Å²) in [6, 6.07) is 0. The molecule has 1 heterocycles. The van der Waals surface area contributed by atoms with Gasteiger partial charge in [-0.05, 0) is 40.8 Å². The molecule has 0 radical (unpaired) electrons. The van der Waals surface area contributed by atoms with Crippen LogP contribution in [0.3, 0.4) is 0 Å². The Hall–Kier alpha value is -0.490. The molecule has 0 spiro atoms. The molecule has 4 nitrogen and oxygen atoms in total. The quantitative estimate of drug-likeness (QED) is 0.785. The molecule has 0 atom stereocenters. The van der Waals surface area contributed by atoms with E-state index >= 15 is 0 Å². The van der Waals surface area contributed by atoms with Crippen LogP contribution < -0.4 is 10.9 Å². The number of nitrogens with zero attached hydrogens (tertiary/aromatic N) is 2. The van der Waals surface area contributed by atoms with Crippen LogP contribution >= 0.6 is 27.7 Å². The van der Waals surface area contributed by atoms with Crippen molar-refractivity contribution in [2.45, 2.75) is 26.8 Å². The van der Waals surface area contributed by atoms with E-state index in [0.717, 1.165) is 30.2 Å². The molecule has 0 aliphatic rings. The Morgan fingerprint density at radius 3 is 2.94 bits per heavy atom. The fraction of sp³-hybridized carbons (Fsp3) is 0.636. The second kappa shape index (κ2) is 7.76. The van der Waals surface area contributed by atoms with Gasteiger partial charge in [0.15, 0.2) is 0 Å². The van der Waals surface area contributed by atoms with Crippen molar-refractivity contribution in [3.8, 4) is 0 Å². The average Bonchev–Trinajstić information content (AvgIpc) is 2.34. The summed E-state index contributed by atoms with van der Waals surface area (Å²) in [6.45, 7) is 5.51. The molecule has 96 valence electrons. The first kappa shape index (κ1) is 14.6. The lowest BCUT2D eigenvalue weighted by molar-refractivity contribution is 0.613. The molecule has 1 aromatic heterocycles. The van der Waals surface area contributed by atoms with Gasteiger partial charge in [-0.3, -0.25) is 4.79 Å². The van der Waals surface area contributed by atoms with Gasteiger partial charge in [-0.1, -0.05) is 6.92 Å². The summed E-state index contributed by atoms with van der Waals surface area (Å²) in [4.78, 5) is 11.8. The normalized spacial score (nSPS) is 10.5. The van der Waals surface area contributed by atoms with Gasteiger partial charge >= 0.3 is 0 Å². The third kappa shape index (κ3) is 4.35. The molecule has 0 saturated heterocycles. The second-order valence-corrected chi connectivity index (χ2v) is 5.66. The molecule has 17 heavy (non-hydrogen) atoms. The second-order valence-electron chi connectivity index (χ2n) is 3.47. The zero-order valence-electron chi connectivity index (χ0n) is 10.2. The maximum Gasteiger partial charge on any atom is 0.283 e. The lowest BCUT2D eigenvalue weighted by Gasteiger charge is -2.09. The van der Waals surface area contributed by atoms with Crippen molar-refractivity contribution in [2.75, 3.05) is 23.4 Å². The molecule has 0 unspecified atom stereocenters. The van der Waals surface area contributed by atoms with Crippen LogP contribution in [0.15, 0.2) is 15.5 Å². The van der Waals surface area contributed by atoms with Crippen molar-refractivity contribution in [3.63, 3.8) is 0 Å². The molecule has 1 N–H and O–H groups in total. The largest absolute Gasteiger partial charge is 0.383 e. The maximum atomic E-state index is 11.8. The lowest BCUT2D eigenvalue weighted by Crippen LogP contribution is -2.23. The van der Waals surface area contributed by atoms with Gasteiger partial charge in [0.2, 0.25) is 0 Å². The molecule has 6 heteroatoms. The number of halogens is 1. The highest BCUT2D eigenvalue weighted by atomic mass is 79.9. The summed E-state index contributed by atoms with van der Waals surface area (Å²) >= 11 is 5.24. The molecule has 1 aromatic rings. The highest BCUT2D eigenvalue weighted by Crippen LogP contribution is 2.16. The Bertz CT molecular complexity index is 408. The number of hydrogen-bond donors (Lipinski definition) is 1. The minimum Gasteiger partial charge on any atom is -0.383 e. The summed E-state index contributed by atoms with van der Waals surface area (Å²) in [5.41, 5.74) is 0.696. The summed E-state index contributed by atoms with van der Waals surface area (Å²) in [6.07, 6.45) is 2.78. The minimum atomic E-state index is -0.0829. The topological polar surface area (TPSA) is 46.9 Å². The van der Waals surface area contributed by atoms with Gasteiger partial charge in [-0.15, -0.1) is 0 Å². The fourth-order valence-electron chi connectivity index (χ4n) is 1.36. The van der Waals surface area contributed by atoms with Crippen LogP contribution in [0.5, 0.6) is 0 Å². The lowest BCUT2D eigenvalue weighted by atomic mass is 10.4. The molecule has 0 saturated carbocycles. The highest BCUT2D eigenvalue weighted by molar-refractivity contribution is 9.10. The Labute approximate surface area is 114 Å². The molecule has 0 bridgehead atoms. The van der Waals surface area contributed by atoms with Crippen molar-refractivity contribution in [2.24, 2.45) is 0 Å². The van der Waals surface area contributed by atoms with E-state index in [1.54, 1.807) is 6.20 Å². The van der Waals surface area contributed by atoms with Gasteiger partial charge in [-0.2, -0.15) is 16.9 Å². The number of thioether (sulfide) groups is 1. The number of nitrogens with one attached hydrogen (secondary N) is 1. The van der Waals surface area contributed by atoms with Crippen molar-refractivity contribution >= 4 is 33.4 Å². The van der Waals surface area contributed by atoms with Gasteiger partial charge in [0.25, 0.3) is 5.56 Å². The first-order valence-corrected chi connectivity index (χ1v) is 7.72. The van der Waals surface area contributed by atoms with Gasteiger partial charge in [0.05, 0.1) is 11.9 Å². The summed E-state index contributed by atoms with van der Waals surface area (Å²) in [5.74, 6) is 2.29. The van der Waals surface area contributed by atoms with E-state index in [1.165, 1.54) is 4.68 Å². The van der Waals surface area contributed by atoms with Gasteiger partial charge in [0.1, 0.15) is 4.47 Å². The van der Waals surface area contributed by atoms with E-state index in [-0.39, 0.29) is 5.56 Å². The Balaban J connectivity index is 2.55. The van der Waals surface area contributed by atoms with Gasteiger partial charge in [0, 0.05) is 13.1 Å². The van der Waals surface area contributed by atoms with E-state index in [2.05, 4.69) is 33.3 Å². The van der Waals surface area contributed by atoms with E-state index in [1.807, 2.05) is 18.7 Å². The third-order valence-electron chi connectivity index (χ3n) is 2.27. The SMILES string of the molecule is CCSCCCNc1cnn(CC)c(=O)c1Br. The zero-order valence-corrected chi connectivity index (χ0v) is 12.6. The van der Waals surface area contributed by atoms with Crippen molar-refractivity contribution < 1.29 is 0 Å². The van der Waals surface area contributed by atoms with E-state index < -0.39 is 0 Å². The number of hydrogen-bond acceptors (Lipinski definition) is 4. The zero-order chi connectivity index (χ0) is 12.7. The predicted octanol–water partition coefficient (Wildman–Crippen LogP) is 2.58. The minimum absolute atomic E-state index is 0.0829. The van der Waals surface area contributed by atoms with Crippen LogP contribution in [0.1, 0.15) is 20.3 Å². The molecular weight excluding hydrogens is 302 g/mol. The number of aryl methyl sites for hydroxylation is 1. The van der Waals surface area contributed by atoms with E-state index in [9.17, 15) is 4.79 Å². The third-order valence-corrected chi connectivity index (χ3v) is 4.02. The predicted molar refractivity (Wildman–Crippen MR) is 78.0 cm³/mol. The molecule has 1 rings (SSSR count). The molecule has 0 aliphatic carbocycles. The monoisotopic (exact) mass is 319 g/mol. The smallest absolute Gasteiger partial charge is 0.283 e. The number of anilines is 1. The summed E-state index contributed by atoms with van der Waals surface area (Å²) in [5, 5.41) is 7.31. The maximum absolute atomic E-state index is 11.8. The molecule has 0 aromatic carbocycles. The van der Waals surface area contributed by atoms with Crippen molar-refractivity contribution in [3.05, 3.63) is 21.0 Å². The van der Waals surface area contributed by atoms with Crippen molar-refractivity contribution in [1.82, 2.24) is 9.78 Å². The van der Waals surface area contributed by atoms with Gasteiger partial charge in [-0.25, -0.2) is 4.68 Å². The van der Waals surface area contributed by atoms with Crippen LogP contribution in [-0.2, 0) is 6.54 Å². The molecule has 0 amide bonds. The molecule has 0 aliphatic heterocycles. The van der Waals surface area contributed by atoms with E-state index in [4.69, 9.17) is 0 Å². The average molecular weight is 320 g/mol. The first-order valence-electron chi connectivity index (χ1n) is 5.77. The van der Waals surface area contributed by atoms with Crippen LogP contribution in [0.25, 0.3) is 0 Å². The number of rotatable bonds is 7. The van der Waals surface area contributed by atoms with Crippen LogP contribution in [0, 0.1) is 0 Å². The molecule has 0 fully saturated rings. The van der Waals surface area contributed by atoms with Crippen LogP contribution in [0.4, 0.5) is 5.69 Å². The fourth-order valence-corrected chi connectivity index (χ4v) is 2.44. The first-order chi connectivity index (χ1) is 8.20. The van der Waals surface area contributed by atoms with Crippen LogP contribution in [0.2, 0.25) is 0 Å². The van der Waals surface area contributed by atoms with E-state index in [0.29, 0.717) is 11.0 Å². The summed E-state index contributed by atoms with van der Waals surface area (Å²) < 4.78 is 2.00. The van der Waals surface area contributed by atoms with Crippen molar-refractivity contribution in [1.29, 1.82) is 0 Å². The highest BCUT2D eigenvalue weighted by Gasteiger charge is 2.06. The Kier molecular flexibility index (Phi) is 6.65. The Morgan fingerprint density at radius 2 is 2.29 bits per heavy atom. The van der Waals surface area contributed by atoms with Crippen LogP contribution in [-0.4, -0.2) is 27.8 Å². The van der Waals surface area contributed by atoms with Gasteiger partial charge < -0.3 is 5.32 Å². The molecular formula is C11H18BrN3OS.